The molecule has 0 radical (unpaired) electrons. The minimum Gasteiger partial charge on any atom is -0.466 e. The molecule has 0 bridgehead atoms. The highest BCUT2D eigenvalue weighted by molar-refractivity contribution is 5.84. The molecule has 0 N–H and O–H groups in total. The van der Waals surface area contributed by atoms with Gasteiger partial charge in [-0.3, -0.25) is 9.59 Å². The summed E-state index contributed by atoms with van der Waals surface area (Å²) in [6, 6.07) is 0. The monoisotopic (exact) mass is 240 g/mol. The first-order valence-corrected chi connectivity index (χ1v) is 6.87. The van der Waals surface area contributed by atoms with Crippen molar-refractivity contribution in [2.75, 3.05) is 6.61 Å². The largest absolute Gasteiger partial charge is 0.466 e. The van der Waals surface area contributed by atoms with Crippen molar-refractivity contribution in [2.24, 2.45) is 11.8 Å². The van der Waals surface area contributed by atoms with Gasteiger partial charge in [0.05, 0.1) is 6.61 Å². The molecule has 1 saturated carbocycles. The number of ether oxygens (including phenoxy) is 1. The minimum atomic E-state index is -0.146. The summed E-state index contributed by atoms with van der Waals surface area (Å²) in [5, 5.41) is 0. The second kappa shape index (κ2) is 7.46. The van der Waals surface area contributed by atoms with Crippen molar-refractivity contribution in [2.45, 2.75) is 58.8 Å². The van der Waals surface area contributed by atoms with E-state index < -0.39 is 0 Å². The van der Waals surface area contributed by atoms with Crippen molar-refractivity contribution in [3.05, 3.63) is 0 Å². The average Bonchev–Trinajstić information content (AvgIpc) is 2.62. The Morgan fingerprint density at radius 3 is 2.76 bits per heavy atom. The van der Waals surface area contributed by atoms with Gasteiger partial charge in [-0.1, -0.05) is 26.2 Å². The number of ketones is 1. The van der Waals surface area contributed by atoms with Gasteiger partial charge in [0, 0.05) is 18.8 Å². The molecule has 1 aliphatic rings. The number of hydrogen-bond donors (Lipinski definition) is 0. The average molecular weight is 240 g/mol. The van der Waals surface area contributed by atoms with Crippen LogP contribution in [0.5, 0.6) is 0 Å². The zero-order valence-electron chi connectivity index (χ0n) is 11.0. The van der Waals surface area contributed by atoms with Crippen molar-refractivity contribution in [1.29, 1.82) is 0 Å². The van der Waals surface area contributed by atoms with Crippen molar-refractivity contribution in [1.82, 2.24) is 0 Å². The number of carbonyl (C=O) groups is 2. The second-order valence-electron chi connectivity index (χ2n) is 4.88. The van der Waals surface area contributed by atoms with Crippen LogP contribution >= 0.6 is 0 Å². The Balaban J connectivity index is 2.41. The quantitative estimate of drug-likeness (QED) is 0.507. The molecule has 2 atom stereocenters. The fourth-order valence-corrected chi connectivity index (χ4v) is 2.67. The van der Waals surface area contributed by atoms with E-state index >= 15 is 0 Å². The van der Waals surface area contributed by atoms with Crippen LogP contribution in [-0.2, 0) is 14.3 Å². The first-order chi connectivity index (χ1) is 8.19. The maximum Gasteiger partial charge on any atom is 0.306 e. The molecule has 0 aromatic rings. The zero-order valence-corrected chi connectivity index (χ0v) is 11.0. The summed E-state index contributed by atoms with van der Waals surface area (Å²) in [5.74, 6) is 0.562. The molecular weight excluding hydrogens is 216 g/mol. The zero-order chi connectivity index (χ0) is 12.7. The third kappa shape index (κ3) is 4.49. The first kappa shape index (κ1) is 14.2. The van der Waals surface area contributed by atoms with Gasteiger partial charge in [-0.2, -0.15) is 0 Å². The van der Waals surface area contributed by atoms with E-state index in [0.717, 1.165) is 19.3 Å². The van der Waals surface area contributed by atoms with E-state index in [0.29, 0.717) is 25.2 Å². The summed E-state index contributed by atoms with van der Waals surface area (Å²) in [7, 11) is 0. The fraction of sp³-hybridized carbons (Fsp3) is 0.857. The summed E-state index contributed by atoms with van der Waals surface area (Å²) < 4.78 is 4.96. The van der Waals surface area contributed by atoms with Crippen LogP contribution in [-0.4, -0.2) is 18.4 Å². The number of hydrogen-bond acceptors (Lipinski definition) is 3. The Hall–Kier alpha value is -0.860. The van der Waals surface area contributed by atoms with Crippen molar-refractivity contribution in [3.63, 3.8) is 0 Å². The predicted octanol–water partition coefficient (Wildman–Crippen LogP) is 3.12. The Labute approximate surface area is 104 Å². The standard InChI is InChI=1S/C14H24O3/c1-3-5-6-7-12-11(8-9-13(12)15)10-14(16)17-4-2/h11-12H,3-10H2,1-2H3/t11-,12-/m0/s1. The lowest BCUT2D eigenvalue weighted by molar-refractivity contribution is -0.144. The van der Waals surface area contributed by atoms with E-state index in [4.69, 9.17) is 4.74 Å². The van der Waals surface area contributed by atoms with Crippen LogP contribution in [0.4, 0.5) is 0 Å². The molecule has 0 spiro atoms. The summed E-state index contributed by atoms with van der Waals surface area (Å²) in [6.45, 7) is 4.41. The number of unbranched alkanes of at least 4 members (excludes halogenated alkanes) is 2. The maximum atomic E-state index is 11.8. The van der Waals surface area contributed by atoms with Gasteiger partial charge in [0.1, 0.15) is 5.78 Å². The first-order valence-electron chi connectivity index (χ1n) is 6.87. The van der Waals surface area contributed by atoms with E-state index in [2.05, 4.69) is 6.92 Å². The van der Waals surface area contributed by atoms with E-state index in [1.165, 1.54) is 12.8 Å². The van der Waals surface area contributed by atoms with Gasteiger partial charge in [-0.25, -0.2) is 0 Å². The predicted molar refractivity (Wildman–Crippen MR) is 66.6 cm³/mol. The van der Waals surface area contributed by atoms with Gasteiger partial charge < -0.3 is 4.74 Å². The summed E-state index contributed by atoms with van der Waals surface area (Å²) in [5.41, 5.74) is 0. The van der Waals surface area contributed by atoms with E-state index in [-0.39, 0.29) is 17.8 Å². The summed E-state index contributed by atoms with van der Waals surface area (Å²) in [6.07, 6.45) is 6.36. The van der Waals surface area contributed by atoms with Crippen LogP contribution in [0.3, 0.4) is 0 Å². The van der Waals surface area contributed by atoms with E-state index in [9.17, 15) is 9.59 Å². The second-order valence-corrected chi connectivity index (χ2v) is 4.88. The highest BCUT2D eigenvalue weighted by atomic mass is 16.5. The van der Waals surface area contributed by atoms with Crippen LogP contribution in [0, 0.1) is 11.8 Å². The molecule has 0 amide bonds. The molecule has 98 valence electrons. The van der Waals surface area contributed by atoms with E-state index in [1.807, 2.05) is 6.92 Å². The molecule has 0 saturated heterocycles. The highest BCUT2D eigenvalue weighted by Gasteiger charge is 2.35. The molecule has 0 heterocycles. The third-order valence-corrected chi connectivity index (χ3v) is 3.60. The fourth-order valence-electron chi connectivity index (χ4n) is 2.67. The van der Waals surface area contributed by atoms with Gasteiger partial charge in [0.25, 0.3) is 0 Å². The molecule has 17 heavy (non-hydrogen) atoms. The number of Topliss-reactive ketones (excluding diaryl/α,β-unsaturated/α-hetero) is 1. The van der Waals surface area contributed by atoms with Crippen molar-refractivity contribution in [3.8, 4) is 0 Å². The Kier molecular flexibility index (Phi) is 6.23. The van der Waals surface area contributed by atoms with Crippen molar-refractivity contribution < 1.29 is 14.3 Å². The van der Waals surface area contributed by atoms with Crippen LogP contribution < -0.4 is 0 Å². The van der Waals surface area contributed by atoms with Crippen LogP contribution in [0.1, 0.15) is 58.8 Å². The smallest absolute Gasteiger partial charge is 0.306 e. The van der Waals surface area contributed by atoms with Crippen LogP contribution in [0.15, 0.2) is 0 Å². The van der Waals surface area contributed by atoms with Gasteiger partial charge in [-0.05, 0) is 25.7 Å². The highest BCUT2D eigenvalue weighted by Crippen LogP contribution is 2.35. The summed E-state index contributed by atoms with van der Waals surface area (Å²) >= 11 is 0. The van der Waals surface area contributed by atoms with Gasteiger partial charge in [-0.15, -0.1) is 0 Å². The number of rotatable bonds is 7. The lowest BCUT2D eigenvalue weighted by Crippen LogP contribution is -2.19. The number of carbonyl (C=O) groups excluding carboxylic acids is 2. The number of esters is 1. The molecule has 0 aliphatic heterocycles. The lowest BCUT2D eigenvalue weighted by Gasteiger charge is -2.17. The Bertz CT molecular complexity index is 260. The molecule has 1 rings (SSSR count). The molecular formula is C14H24O3. The molecule has 3 heteroatoms. The topological polar surface area (TPSA) is 43.4 Å². The van der Waals surface area contributed by atoms with E-state index in [1.54, 1.807) is 0 Å². The maximum absolute atomic E-state index is 11.8. The molecule has 1 fully saturated rings. The Morgan fingerprint density at radius 2 is 2.12 bits per heavy atom. The molecule has 0 unspecified atom stereocenters. The molecule has 3 nitrogen and oxygen atoms in total. The molecule has 0 aromatic heterocycles. The Morgan fingerprint density at radius 1 is 1.35 bits per heavy atom. The molecule has 0 aromatic carbocycles. The van der Waals surface area contributed by atoms with Crippen LogP contribution in [0.2, 0.25) is 0 Å². The minimum absolute atomic E-state index is 0.117. The normalized spacial score (nSPS) is 24.0. The van der Waals surface area contributed by atoms with Gasteiger partial charge in [0.15, 0.2) is 0 Å². The van der Waals surface area contributed by atoms with Gasteiger partial charge in [0.2, 0.25) is 0 Å². The van der Waals surface area contributed by atoms with Crippen molar-refractivity contribution >= 4 is 11.8 Å². The van der Waals surface area contributed by atoms with Crippen LogP contribution in [0.25, 0.3) is 0 Å². The SMILES string of the molecule is CCCCC[C@@H]1C(=O)CC[C@H]1CC(=O)OCC. The third-order valence-electron chi connectivity index (χ3n) is 3.60. The lowest BCUT2D eigenvalue weighted by atomic mass is 9.88. The summed E-state index contributed by atoms with van der Waals surface area (Å²) in [4.78, 5) is 23.2. The molecule has 1 aliphatic carbocycles. The van der Waals surface area contributed by atoms with Gasteiger partial charge >= 0.3 is 5.97 Å².